The van der Waals surface area contributed by atoms with Crippen molar-refractivity contribution in [2.24, 2.45) is 5.92 Å². The minimum absolute atomic E-state index is 0.619. The van der Waals surface area contributed by atoms with Crippen LogP contribution >= 0.6 is 0 Å². The maximum atomic E-state index is 4.02. The molecule has 0 radical (unpaired) electrons. The molecule has 0 aromatic carbocycles. The molecular formula is C11H24N2. The third-order valence-corrected chi connectivity index (χ3v) is 2.56. The predicted molar refractivity (Wildman–Crippen MR) is 60.0 cm³/mol. The van der Waals surface area contributed by atoms with Gasteiger partial charge < -0.3 is 5.32 Å². The fourth-order valence-corrected chi connectivity index (χ4v) is 1.31. The van der Waals surface area contributed by atoms with Gasteiger partial charge in [0.15, 0.2) is 0 Å². The van der Waals surface area contributed by atoms with Crippen LogP contribution in [0.25, 0.3) is 0 Å². The standard InChI is InChI=1S/C11H24N2/c1-9(2)11(4)13(6)8-10(3)7-12-5/h9,11-12H,3,7-8H2,1-2,4-6H3. The topological polar surface area (TPSA) is 15.3 Å². The van der Waals surface area contributed by atoms with E-state index in [4.69, 9.17) is 0 Å². The van der Waals surface area contributed by atoms with E-state index in [1.54, 1.807) is 0 Å². The average molecular weight is 184 g/mol. The first-order valence-corrected chi connectivity index (χ1v) is 5.00. The summed E-state index contributed by atoms with van der Waals surface area (Å²) in [6, 6.07) is 0.619. The molecule has 0 saturated heterocycles. The van der Waals surface area contributed by atoms with E-state index in [1.807, 2.05) is 7.05 Å². The maximum Gasteiger partial charge on any atom is 0.0202 e. The highest BCUT2D eigenvalue weighted by Gasteiger charge is 2.12. The molecular weight excluding hydrogens is 160 g/mol. The first-order valence-electron chi connectivity index (χ1n) is 5.00. The Balaban J connectivity index is 3.85. The minimum Gasteiger partial charge on any atom is -0.316 e. The van der Waals surface area contributed by atoms with Crippen molar-refractivity contribution in [2.45, 2.75) is 26.8 Å². The van der Waals surface area contributed by atoms with E-state index in [2.05, 4.69) is 44.6 Å². The van der Waals surface area contributed by atoms with Crippen LogP contribution in [0.4, 0.5) is 0 Å². The molecule has 0 aromatic heterocycles. The zero-order valence-electron chi connectivity index (χ0n) is 9.72. The zero-order valence-corrected chi connectivity index (χ0v) is 9.72. The van der Waals surface area contributed by atoms with E-state index in [-0.39, 0.29) is 0 Å². The molecule has 78 valence electrons. The summed E-state index contributed by atoms with van der Waals surface area (Å²) in [5.41, 5.74) is 1.25. The lowest BCUT2D eigenvalue weighted by Crippen LogP contribution is -2.35. The van der Waals surface area contributed by atoms with Crippen LogP contribution < -0.4 is 5.32 Å². The van der Waals surface area contributed by atoms with E-state index in [0.29, 0.717) is 12.0 Å². The summed E-state index contributed by atoms with van der Waals surface area (Å²) >= 11 is 0. The van der Waals surface area contributed by atoms with Crippen molar-refractivity contribution in [3.8, 4) is 0 Å². The third kappa shape index (κ3) is 5.06. The zero-order chi connectivity index (χ0) is 10.4. The summed E-state index contributed by atoms with van der Waals surface area (Å²) in [6.07, 6.45) is 0. The quantitative estimate of drug-likeness (QED) is 0.633. The van der Waals surface area contributed by atoms with Crippen LogP contribution in [0, 0.1) is 5.92 Å². The molecule has 0 aliphatic carbocycles. The Morgan fingerprint density at radius 2 is 1.92 bits per heavy atom. The van der Waals surface area contributed by atoms with Crippen molar-refractivity contribution in [3.63, 3.8) is 0 Å². The van der Waals surface area contributed by atoms with Crippen molar-refractivity contribution in [1.29, 1.82) is 0 Å². The first kappa shape index (κ1) is 12.7. The smallest absolute Gasteiger partial charge is 0.0202 e. The second-order valence-corrected chi connectivity index (χ2v) is 4.18. The van der Waals surface area contributed by atoms with Gasteiger partial charge >= 0.3 is 0 Å². The molecule has 13 heavy (non-hydrogen) atoms. The highest BCUT2D eigenvalue weighted by Crippen LogP contribution is 2.08. The molecule has 2 nitrogen and oxygen atoms in total. The first-order chi connectivity index (χ1) is 5.99. The lowest BCUT2D eigenvalue weighted by Gasteiger charge is -2.28. The number of nitrogens with one attached hydrogen (secondary N) is 1. The Bertz CT molecular complexity index is 152. The maximum absolute atomic E-state index is 4.02. The third-order valence-electron chi connectivity index (χ3n) is 2.56. The number of nitrogens with zero attached hydrogens (tertiary/aromatic N) is 1. The van der Waals surface area contributed by atoms with Crippen LogP contribution in [0.2, 0.25) is 0 Å². The van der Waals surface area contributed by atoms with Gasteiger partial charge in [-0.05, 0) is 32.5 Å². The lowest BCUT2D eigenvalue weighted by molar-refractivity contribution is 0.223. The van der Waals surface area contributed by atoms with Gasteiger partial charge in [0.2, 0.25) is 0 Å². The molecule has 0 bridgehead atoms. The molecule has 0 aliphatic heterocycles. The largest absolute Gasteiger partial charge is 0.316 e. The van der Waals surface area contributed by atoms with E-state index in [1.165, 1.54) is 5.57 Å². The monoisotopic (exact) mass is 184 g/mol. The second-order valence-electron chi connectivity index (χ2n) is 4.18. The van der Waals surface area contributed by atoms with Gasteiger partial charge in [-0.25, -0.2) is 0 Å². The van der Waals surface area contributed by atoms with Crippen LogP contribution in [-0.2, 0) is 0 Å². The van der Waals surface area contributed by atoms with Gasteiger partial charge in [0.05, 0.1) is 0 Å². The number of hydrogen-bond acceptors (Lipinski definition) is 2. The molecule has 0 fully saturated rings. The Labute approximate surface area is 83.0 Å². The molecule has 0 heterocycles. The van der Waals surface area contributed by atoms with Crippen LogP contribution in [-0.4, -0.2) is 38.1 Å². The van der Waals surface area contributed by atoms with Gasteiger partial charge in [0.1, 0.15) is 0 Å². The molecule has 0 amide bonds. The average Bonchev–Trinajstić information content (AvgIpc) is 2.03. The van der Waals surface area contributed by atoms with Crippen molar-refractivity contribution in [2.75, 3.05) is 27.2 Å². The van der Waals surface area contributed by atoms with E-state index < -0.39 is 0 Å². The SMILES string of the molecule is C=C(CNC)CN(C)C(C)C(C)C. The highest BCUT2D eigenvalue weighted by atomic mass is 15.1. The van der Waals surface area contributed by atoms with E-state index in [9.17, 15) is 0 Å². The molecule has 0 aromatic rings. The molecule has 2 heteroatoms. The van der Waals surface area contributed by atoms with Crippen molar-refractivity contribution >= 4 is 0 Å². The van der Waals surface area contributed by atoms with Gasteiger partial charge in [0.25, 0.3) is 0 Å². The van der Waals surface area contributed by atoms with Gasteiger partial charge in [-0.1, -0.05) is 20.4 Å². The summed E-state index contributed by atoms with van der Waals surface area (Å²) in [6.45, 7) is 12.7. The van der Waals surface area contributed by atoms with Gasteiger partial charge in [-0.15, -0.1) is 0 Å². The molecule has 0 spiro atoms. The molecule has 0 aliphatic rings. The van der Waals surface area contributed by atoms with Crippen molar-refractivity contribution in [3.05, 3.63) is 12.2 Å². The lowest BCUT2D eigenvalue weighted by atomic mass is 10.0. The molecule has 0 rings (SSSR count). The van der Waals surface area contributed by atoms with E-state index >= 15 is 0 Å². The van der Waals surface area contributed by atoms with Crippen LogP contribution in [0.15, 0.2) is 12.2 Å². The Morgan fingerprint density at radius 3 is 2.31 bits per heavy atom. The molecule has 0 saturated carbocycles. The summed E-state index contributed by atoms with van der Waals surface area (Å²) < 4.78 is 0. The van der Waals surface area contributed by atoms with Crippen LogP contribution in [0.3, 0.4) is 0 Å². The summed E-state index contributed by atoms with van der Waals surface area (Å²) in [5, 5.41) is 3.11. The molecule has 1 atom stereocenters. The van der Waals surface area contributed by atoms with Gasteiger partial charge in [0, 0.05) is 19.1 Å². The highest BCUT2D eigenvalue weighted by molar-refractivity contribution is 4.99. The number of hydrogen-bond donors (Lipinski definition) is 1. The van der Waals surface area contributed by atoms with Gasteiger partial charge in [-0.3, -0.25) is 4.90 Å². The fourth-order valence-electron chi connectivity index (χ4n) is 1.31. The summed E-state index contributed by atoms with van der Waals surface area (Å²) in [5.74, 6) is 0.701. The van der Waals surface area contributed by atoms with Crippen molar-refractivity contribution < 1.29 is 0 Å². The Morgan fingerprint density at radius 1 is 1.38 bits per heavy atom. The Kier molecular flexibility index (Phi) is 6.00. The summed E-state index contributed by atoms with van der Waals surface area (Å²) in [4.78, 5) is 2.35. The summed E-state index contributed by atoms with van der Waals surface area (Å²) in [7, 11) is 4.11. The van der Waals surface area contributed by atoms with Crippen LogP contribution in [0.1, 0.15) is 20.8 Å². The van der Waals surface area contributed by atoms with Crippen molar-refractivity contribution in [1.82, 2.24) is 10.2 Å². The fraction of sp³-hybridized carbons (Fsp3) is 0.818. The normalized spacial score (nSPS) is 13.8. The predicted octanol–water partition coefficient (Wildman–Crippen LogP) is 1.74. The molecule has 1 unspecified atom stereocenters. The number of likely N-dealkylation sites (N-methyl/N-ethyl adjacent to an activating group) is 2. The van der Waals surface area contributed by atoms with Crippen LogP contribution in [0.5, 0.6) is 0 Å². The number of rotatable bonds is 6. The molecule has 1 N–H and O–H groups in total. The van der Waals surface area contributed by atoms with E-state index in [0.717, 1.165) is 13.1 Å². The van der Waals surface area contributed by atoms with Gasteiger partial charge in [-0.2, -0.15) is 0 Å². The second kappa shape index (κ2) is 6.17. The Hall–Kier alpha value is -0.340. The minimum atomic E-state index is 0.619.